The molecular weight excluding hydrogens is 362 g/mol. The maximum Gasteiger partial charge on any atom is 0.407 e. The fraction of sp³-hybridized carbons (Fsp3) is 0.500. The Bertz CT molecular complexity index is 932. The number of hydrogen-bond acceptors (Lipinski definition) is 5. The van der Waals surface area contributed by atoms with Crippen molar-refractivity contribution in [3.05, 3.63) is 34.5 Å². The lowest BCUT2D eigenvalue weighted by molar-refractivity contribution is -0.135. The van der Waals surface area contributed by atoms with E-state index in [1.165, 1.54) is 7.11 Å². The number of azide groups is 1. The number of aromatic nitrogens is 2. The number of ether oxygens (including phenoxy) is 1. The molecule has 0 radical (unpaired) electrons. The van der Waals surface area contributed by atoms with Crippen molar-refractivity contribution in [3.8, 4) is 0 Å². The van der Waals surface area contributed by atoms with Gasteiger partial charge in [0.1, 0.15) is 11.9 Å². The molecule has 0 spiro atoms. The van der Waals surface area contributed by atoms with Crippen LogP contribution in [0.3, 0.4) is 0 Å². The van der Waals surface area contributed by atoms with Crippen molar-refractivity contribution in [2.75, 3.05) is 13.7 Å². The van der Waals surface area contributed by atoms with Gasteiger partial charge >= 0.3 is 6.09 Å². The van der Waals surface area contributed by atoms with E-state index in [4.69, 9.17) is 5.53 Å². The number of carbonyl (C=O) groups is 2. The molecule has 10 heteroatoms. The highest BCUT2D eigenvalue weighted by molar-refractivity contribution is 5.86. The normalized spacial score (nSPS) is 17.4. The molecule has 2 heterocycles. The summed E-state index contributed by atoms with van der Waals surface area (Å²) < 4.78 is 4.65. The molecule has 2 N–H and O–H groups in total. The third-order valence-corrected chi connectivity index (χ3v) is 4.89. The molecule has 0 saturated carbocycles. The van der Waals surface area contributed by atoms with Gasteiger partial charge in [-0.1, -0.05) is 25.0 Å². The number of nitrogens with one attached hydrogen (secondary N) is 2. The Hall–Kier alpha value is -3.26. The minimum Gasteiger partial charge on any atom is -0.453 e. The standard InChI is InChI=1S/C18H23N7O3/c1-10(2)15(22-18(27)28-3)17(26)25-8-4-5-14(25)16-20-12-7-6-11(23-24-19)9-13(12)21-16/h6-7,9-10,14-15H,4-5,8H2,1-3H3,(H,20,21)(H,22,27). The van der Waals surface area contributed by atoms with Crippen molar-refractivity contribution in [1.82, 2.24) is 20.2 Å². The predicted octanol–water partition coefficient (Wildman–Crippen LogP) is 3.55. The van der Waals surface area contributed by atoms with E-state index in [-0.39, 0.29) is 17.9 Å². The van der Waals surface area contributed by atoms with E-state index in [1.54, 1.807) is 23.1 Å². The van der Waals surface area contributed by atoms with Crippen LogP contribution in [0.4, 0.5) is 10.5 Å². The minimum absolute atomic E-state index is 0.0880. The monoisotopic (exact) mass is 385 g/mol. The molecular formula is C18H23N7O3. The van der Waals surface area contributed by atoms with E-state index in [1.807, 2.05) is 13.8 Å². The Morgan fingerprint density at radius 2 is 2.25 bits per heavy atom. The number of H-pyrrole nitrogens is 1. The highest BCUT2D eigenvalue weighted by atomic mass is 16.5. The first kappa shape index (κ1) is 19.5. The van der Waals surface area contributed by atoms with Crippen molar-refractivity contribution in [2.24, 2.45) is 11.0 Å². The smallest absolute Gasteiger partial charge is 0.407 e. The van der Waals surface area contributed by atoms with Gasteiger partial charge in [-0.2, -0.15) is 0 Å². The van der Waals surface area contributed by atoms with E-state index < -0.39 is 12.1 Å². The number of aromatic amines is 1. The Morgan fingerprint density at radius 1 is 1.46 bits per heavy atom. The van der Waals surface area contributed by atoms with Gasteiger partial charge in [0, 0.05) is 17.1 Å². The summed E-state index contributed by atoms with van der Waals surface area (Å²) >= 11 is 0. The first-order valence-corrected chi connectivity index (χ1v) is 9.14. The molecule has 2 unspecified atom stereocenters. The molecule has 3 rings (SSSR count). The molecule has 148 valence electrons. The molecule has 1 aromatic heterocycles. The Morgan fingerprint density at radius 3 is 2.93 bits per heavy atom. The second-order valence-corrected chi connectivity index (χ2v) is 7.06. The number of alkyl carbamates (subject to hydrolysis) is 1. The number of amides is 2. The number of likely N-dealkylation sites (tertiary alicyclic amines) is 1. The number of carbonyl (C=O) groups excluding carboxylic acids is 2. The molecule has 28 heavy (non-hydrogen) atoms. The van der Waals surface area contributed by atoms with E-state index in [2.05, 4.69) is 30.0 Å². The van der Waals surface area contributed by atoms with Gasteiger partial charge in [-0.05, 0) is 36.4 Å². The lowest BCUT2D eigenvalue weighted by Crippen LogP contribution is -2.51. The summed E-state index contributed by atoms with van der Waals surface area (Å²) in [4.78, 5) is 37.2. The SMILES string of the molecule is COC(=O)NC(C(=O)N1CCCC1c1nc2ccc(N=[N+]=[N-])cc2[nH]1)C(C)C. The number of hydrogen-bond donors (Lipinski definition) is 2. The third-order valence-electron chi connectivity index (χ3n) is 4.89. The van der Waals surface area contributed by atoms with E-state index >= 15 is 0 Å². The molecule has 2 atom stereocenters. The summed E-state index contributed by atoms with van der Waals surface area (Å²) in [7, 11) is 1.27. The number of nitrogens with zero attached hydrogens (tertiary/aromatic N) is 5. The predicted molar refractivity (Wildman–Crippen MR) is 103 cm³/mol. The molecule has 10 nitrogen and oxygen atoms in total. The molecule has 1 aliphatic rings. The van der Waals surface area contributed by atoms with Crippen LogP contribution in [-0.2, 0) is 9.53 Å². The van der Waals surface area contributed by atoms with Gasteiger partial charge in [0.05, 0.1) is 24.2 Å². The highest BCUT2D eigenvalue weighted by Gasteiger charge is 2.37. The molecule has 1 aromatic carbocycles. The molecule has 2 amide bonds. The van der Waals surface area contributed by atoms with Crippen LogP contribution in [0.2, 0.25) is 0 Å². The quantitative estimate of drug-likeness (QED) is 0.462. The Labute approximate surface area is 161 Å². The topological polar surface area (TPSA) is 136 Å². The van der Waals surface area contributed by atoms with Crippen molar-refractivity contribution >= 4 is 28.7 Å². The summed E-state index contributed by atoms with van der Waals surface area (Å²) in [6.45, 7) is 4.35. The lowest BCUT2D eigenvalue weighted by Gasteiger charge is -2.29. The van der Waals surface area contributed by atoms with Crippen LogP contribution in [0, 0.1) is 5.92 Å². The number of methoxy groups -OCH3 is 1. The molecule has 0 aliphatic carbocycles. The van der Waals surface area contributed by atoms with Crippen molar-refractivity contribution in [3.63, 3.8) is 0 Å². The largest absolute Gasteiger partial charge is 0.453 e. The summed E-state index contributed by atoms with van der Waals surface area (Å²) in [6, 6.07) is 4.32. The van der Waals surface area contributed by atoms with Crippen LogP contribution in [0.1, 0.15) is 38.6 Å². The van der Waals surface area contributed by atoms with Gasteiger partial charge in [0.15, 0.2) is 0 Å². The highest BCUT2D eigenvalue weighted by Crippen LogP contribution is 2.33. The second-order valence-electron chi connectivity index (χ2n) is 7.06. The van der Waals surface area contributed by atoms with Gasteiger partial charge in [0.25, 0.3) is 0 Å². The fourth-order valence-electron chi connectivity index (χ4n) is 3.48. The molecule has 1 aliphatic heterocycles. The van der Waals surface area contributed by atoms with Gasteiger partial charge in [0.2, 0.25) is 5.91 Å². The van der Waals surface area contributed by atoms with Crippen LogP contribution >= 0.6 is 0 Å². The van der Waals surface area contributed by atoms with E-state index in [0.29, 0.717) is 18.1 Å². The molecule has 1 fully saturated rings. The maximum absolute atomic E-state index is 13.1. The first-order chi connectivity index (χ1) is 13.4. The van der Waals surface area contributed by atoms with Crippen LogP contribution in [0.15, 0.2) is 23.3 Å². The zero-order chi connectivity index (χ0) is 20.3. The van der Waals surface area contributed by atoms with E-state index in [0.717, 1.165) is 23.9 Å². The second kappa shape index (κ2) is 8.18. The van der Waals surface area contributed by atoms with Gasteiger partial charge < -0.3 is 19.9 Å². The zero-order valence-corrected chi connectivity index (χ0v) is 16.0. The van der Waals surface area contributed by atoms with Crippen LogP contribution in [0.25, 0.3) is 21.5 Å². The number of imidazole rings is 1. The third kappa shape index (κ3) is 3.86. The first-order valence-electron chi connectivity index (χ1n) is 9.14. The van der Waals surface area contributed by atoms with Crippen molar-refractivity contribution < 1.29 is 14.3 Å². The fourth-order valence-corrected chi connectivity index (χ4v) is 3.48. The number of fused-ring (bicyclic) bond motifs is 1. The number of benzene rings is 1. The van der Waals surface area contributed by atoms with E-state index in [9.17, 15) is 9.59 Å². The van der Waals surface area contributed by atoms with Crippen LogP contribution < -0.4 is 5.32 Å². The maximum atomic E-state index is 13.1. The van der Waals surface area contributed by atoms with Crippen LogP contribution in [0.5, 0.6) is 0 Å². The average molecular weight is 385 g/mol. The van der Waals surface area contributed by atoms with Gasteiger partial charge in [-0.3, -0.25) is 4.79 Å². The zero-order valence-electron chi connectivity index (χ0n) is 16.0. The summed E-state index contributed by atoms with van der Waals surface area (Å²) in [5.41, 5.74) is 10.6. The molecule has 0 bridgehead atoms. The van der Waals surface area contributed by atoms with Crippen molar-refractivity contribution in [2.45, 2.75) is 38.8 Å². The van der Waals surface area contributed by atoms with Crippen LogP contribution in [-0.4, -0.2) is 46.6 Å². The number of rotatable bonds is 5. The Kier molecular flexibility index (Phi) is 5.70. The summed E-state index contributed by atoms with van der Waals surface area (Å²) in [5.74, 6) is 0.438. The molecule has 2 aromatic rings. The summed E-state index contributed by atoms with van der Waals surface area (Å²) in [5, 5.41) is 6.23. The van der Waals surface area contributed by atoms with Crippen molar-refractivity contribution in [1.29, 1.82) is 0 Å². The Balaban J connectivity index is 1.87. The van der Waals surface area contributed by atoms with Gasteiger partial charge in [-0.25, -0.2) is 9.78 Å². The molecule has 1 saturated heterocycles. The van der Waals surface area contributed by atoms with Gasteiger partial charge in [-0.15, -0.1) is 0 Å². The minimum atomic E-state index is -0.672. The average Bonchev–Trinajstić information content (AvgIpc) is 3.31. The summed E-state index contributed by atoms with van der Waals surface area (Å²) in [6.07, 6.45) is 0.996. The lowest BCUT2D eigenvalue weighted by atomic mass is 10.0.